The zero-order valence-corrected chi connectivity index (χ0v) is 10.5. The summed E-state index contributed by atoms with van der Waals surface area (Å²) in [5.74, 6) is 0.0582. The normalized spacial score (nSPS) is 16.0. The monoisotopic (exact) mass is 253 g/mol. The SMILES string of the molecule is Nc1ccc(C2(C(=O)c3cnccc3N)CC2)cc1. The minimum Gasteiger partial charge on any atom is -0.399 e. The lowest BCUT2D eigenvalue weighted by Gasteiger charge is -2.15. The second kappa shape index (κ2) is 4.09. The highest BCUT2D eigenvalue weighted by atomic mass is 16.1. The Labute approximate surface area is 111 Å². The fraction of sp³-hybridized carbons (Fsp3) is 0.200. The van der Waals surface area contributed by atoms with Crippen molar-refractivity contribution in [1.82, 2.24) is 4.98 Å². The molecule has 1 aliphatic rings. The molecule has 0 aliphatic heterocycles. The van der Waals surface area contributed by atoms with E-state index in [0.717, 1.165) is 18.4 Å². The van der Waals surface area contributed by atoms with Crippen LogP contribution < -0.4 is 11.5 Å². The Bertz CT molecular complexity index is 630. The lowest BCUT2D eigenvalue weighted by molar-refractivity contribution is 0.0946. The highest BCUT2D eigenvalue weighted by molar-refractivity contribution is 6.09. The summed E-state index contributed by atoms with van der Waals surface area (Å²) in [5, 5.41) is 0. The van der Waals surface area contributed by atoms with Gasteiger partial charge in [-0.2, -0.15) is 0 Å². The second-order valence-corrected chi connectivity index (χ2v) is 5.00. The van der Waals surface area contributed by atoms with Crippen molar-refractivity contribution >= 4 is 17.2 Å². The number of benzene rings is 1. The van der Waals surface area contributed by atoms with Crippen LogP contribution in [-0.2, 0) is 5.41 Å². The van der Waals surface area contributed by atoms with Crippen LogP contribution in [-0.4, -0.2) is 10.8 Å². The van der Waals surface area contributed by atoms with E-state index in [4.69, 9.17) is 11.5 Å². The Balaban J connectivity index is 2.00. The summed E-state index contributed by atoms with van der Waals surface area (Å²) in [6, 6.07) is 9.16. The molecule has 96 valence electrons. The Hall–Kier alpha value is -2.36. The van der Waals surface area contributed by atoms with Gasteiger partial charge in [-0.25, -0.2) is 0 Å². The van der Waals surface area contributed by atoms with Gasteiger partial charge in [-0.1, -0.05) is 12.1 Å². The van der Waals surface area contributed by atoms with Crippen LogP contribution in [0.25, 0.3) is 0 Å². The van der Waals surface area contributed by atoms with E-state index in [1.165, 1.54) is 0 Å². The molecular formula is C15H15N3O. The summed E-state index contributed by atoms with van der Waals surface area (Å²) in [4.78, 5) is 16.7. The maximum Gasteiger partial charge on any atom is 0.176 e. The van der Waals surface area contributed by atoms with Gasteiger partial charge in [0.05, 0.1) is 11.0 Å². The fourth-order valence-electron chi connectivity index (χ4n) is 2.43. The van der Waals surface area contributed by atoms with Gasteiger partial charge in [0.1, 0.15) is 0 Å². The maximum atomic E-state index is 12.7. The number of pyridine rings is 1. The molecule has 19 heavy (non-hydrogen) atoms. The maximum absolute atomic E-state index is 12.7. The quantitative estimate of drug-likeness (QED) is 0.648. The van der Waals surface area contributed by atoms with Crippen molar-refractivity contribution in [1.29, 1.82) is 0 Å². The summed E-state index contributed by atoms with van der Waals surface area (Å²) < 4.78 is 0. The highest BCUT2D eigenvalue weighted by Crippen LogP contribution is 2.51. The summed E-state index contributed by atoms with van der Waals surface area (Å²) >= 11 is 0. The minimum atomic E-state index is -0.426. The highest BCUT2D eigenvalue weighted by Gasteiger charge is 2.51. The van der Waals surface area contributed by atoms with Crippen molar-refractivity contribution < 1.29 is 4.79 Å². The third kappa shape index (κ3) is 1.85. The molecule has 1 aromatic heterocycles. The van der Waals surface area contributed by atoms with E-state index in [-0.39, 0.29) is 5.78 Å². The summed E-state index contributed by atoms with van der Waals surface area (Å²) in [5.41, 5.74) is 13.8. The van der Waals surface area contributed by atoms with Crippen LogP contribution >= 0.6 is 0 Å². The molecule has 0 unspecified atom stereocenters. The van der Waals surface area contributed by atoms with Crippen molar-refractivity contribution in [3.63, 3.8) is 0 Å². The number of nitrogen functional groups attached to an aromatic ring is 2. The molecule has 0 atom stereocenters. The number of aromatic nitrogens is 1. The fourth-order valence-corrected chi connectivity index (χ4v) is 2.43. The average Bonchev–Trinajstić information content (AvgIpc) is 3.21. The molecule has 1 aliphatic carbocycles. The second-order valence-electron chi connectivity index (χ2n) is 5.00. The number of Topliss-reactive ketones (excluding diaryl/α,β-unsaturated/α-hetero) is 1. The Morgan fingerprint density at radius 2 is 1.79 bits per heavy atom. The first-order valence-corrected chi connectivity index (χ1v) is 6.24. The van der Waals surface area contributed by atoms with Gasteiger partial charge in [0.2, 0.25) is 0 Å². The number of carbonyl (C=O) groups excluding carboxylic acids is 1. The molecule has 0 amide bonds. The Morgan fingerprint density at radius 3 is 2.37 bits per heavy atom. The molecule has 4 N–H and O–H groups in total. The number of hydrogen-bond acceptors (Lipinski definition) is 4. The van der Waals surface area contributed by atoms with Crippen molar-refractivity contribution in [3.8, 4) is 0 Å². The first kappa shape index (κ1) is 11.7. The standard InChI is InChI=1S/C15H15N3O/c16-11-3-1-10(2-4-11)15(6-7-15)14(19)12-9-18-8-5-13(12)17/h1-5,8-9H,6-7,16H2,(H2,17,18). The van der Waals surface area contributed by atoms with Crippen molar-refractivity contribution in [2.45, 2.75) is 18.3 Å². The summed E-state index contributed by atoms with van der Waals surface area (Å²) in [7, 11) is 0. The zero-order chi connectivity index (χ0) is 13.5. The number of nitrogens with two attached hydrogens (primary N) is 2. The number of ketones is 1. The van der Waals surface area contributed by atoms with Crippen LogP contribution in [0.5, 0.6) is 0 Å². The number of anilines is 2. The van der Waals surface area contributed by atoms with E-state index in [1.807, 2.05) is 24.3 Å². The molecule has 2 aromatic rings. The van der Waals surface area contributed by atoms with Crippen LogP contribution in [0.3, 0.4) is 0 Å². The lowest BCUT2D eigenvalue weighted by Crippen LogP contribution is -2.22. The molecule has 4 heteroatoms. The number of nitrogens with zero attached hydrogens (tertiary/aromatic N) is 1. The van der Waals surface area contributed by atoms with Gasteiger partial charge in [0.25, 0.3) is 0 Å². The van der Waals surface area contributed by atoms with E-state index in [0.29, 0.717) is 16.9 Å². The molecule has 4 nitrogen and oxygen atoms in total. The summed E-state index contributed by atoms with van der Waals surface area (Å²) in [6.07, 6.45) is 4.85. The first-order chi connectivity index (χ1) is 9.13. The van der Waals surface area contributed by atoms with E-state index >= 15 is 0 Å². The van der Waals surface area contributed by atoms with Crippen LogP contribution in [0.4, 0.5) is 11.4 Å². The number of carbonyl (C=O) groups is 1. The van der Waals surface area contributed by atoms with Gasteiger partial charge in [-0.3, -0.25) is 9.78 Å². The molecule has 1 heterocycles. The molecule has 3 rings (SSSR count). The van der Waals surface area contributed by atoms with E-state index < -0.39 is 5.41 Å². The van der Waals surface area contributed by atoms with Gasteiger partial charge in [-0.05, 0) is 36.6 Å². The van der Waals surface area contributed by atoms with Gasteiger partial charge in [-0.15, -0.1) is 0 Å². The van der Waals surface area contributed by atoms with E-state index in [9.17, 15) is 4.79 Å². The molecule has 1 aromatic carbocycles. The molecule has 1 saturated carbocycles. The predicted molar refractivity (Wildman–Crippen MR) is 74.7 cm³/mol. The number of rotatable bonds is 3. The first-order valence-electron chi connectivity index (χ1n) is 6.24. The lowest BCUT2D eigenvalue weighted by atomic mass is 9.87. The van der Waals surface area contributed by atoms with Crippen LogP contribution in [0.2, 0.25) is 0 Å². The van der Waals surface area contributed by atoms with Crippen molar-refractivity contribution in [3.05, 3.63) is 53.9 Å². The summed E-state index contributed by atoms with van der Waals surface area (Å²) in [6.45, 7) is 0. The zero-order valence-electron chi connectivity index (χ0n) is 10.5. The Kier molecular flexibility index (Phi) is 2.52. The number of hydrogen-bond donors (Lipinski definition) is 2. The van der Waals surface area contributed by atoms with Gasteiger partial charge in [0, 0.05) is 23.8 Å². The van der Waals surface area contributed by atoms with Crippen LogP contribution in [0.15, 0.2) is 42.7 Å². The van der Waals surface area contributed by atoms with E-state index in [2.05, 4.69) is 4.98 Å². The smallest absolute Gasteiger partial charge is 0.176 e. The third-order valence-electron chi connectivity index (χ3n) is 3.75. The average molecular weight is 253 g/mol. The molecule has 0 spiro atoms. The van der Waals surface area contributed by atoms with Crippen molar-refractivity contribution in [2.75, 3.05) is 11.5 Å². The largest absolute Gasteiger partial charge is 0.399 e. The van der Waals surface area contributed by atoms with Gasteiger partial charge in [0.15, 0.2) is 5.78 Å². The van der Waals surface area contributed by atoms with Crippen LogP contribution in [0.1, 0.15) is 28.8 Å². The topological polar surface area (TPSA) is 82.0 Å². The molecule has 1 fully saturated rings. The van der Waals surface area contributed by atoms with Gasteiger partial charge < -0.3 is 11.5 Å². The van der Waals surface area contributed by atoms with E-state index in [1.54, 1.807) is 18.5 Å². The van der Waals surface area contributed by atoms with Crippen molar-refractivity contribution in [2.24, 2.45) is 0 Å². The molecule has 0 bridgehead atoms. The predicted octanol–water partition coefficient (Wildman–Crippen LogP) is 2.16. The Morgan fingerprint density at radius 1 is 1.11 bits per heavy atom. The van der Waals surface area contributed by atoms with Gasteiger partial charge >= 0.3 is 0 Å². The third-order valence-corrected chi connectivity index (χ3v) is 3.75. The molecule has 0 radical (unpaired) electrons. The minimum absolute atomic E-state index is 0.0582. The molecular weight excluding hydrogens is 238 g/mol. The molecule has 0 saturated heterocycles. The van der Waals surface area contributed by atoms with Crippen LogP contribution in [0, 0.1) is 0 Å².